The molecule has 5 nitrogen and oxygen atoms in total. The summed E-state index contributed by atoms with van der Waals surface area (Å²) in [6, 6.07) is 67.0. The van der Waals surface area contributed by atoms with E-state index in [2.05, 4.69) is 219 Å². The van der Waals surface area contributed by atoms with Gasteiger partial charge in [0.2, 0.25) is 0 Å². The molecule has 0 unspecified atom stereocenters. The maximum Gasteiger partial charge on any atom is 0.135 e. The molecule has 0 bridgehead atoms. The van der Waals surface area contributed by atoms with Gasteiger partial charge in [0.1, 0.15) is 5.82 Å². The molecule has 0 amide bonds. The van der Waals surface area contributed by atoms with Crippen molar-refractivity contribution in [3.63, 3.8) is 0 Å². The summed E-state index contributed by atoms with van der Waals surface area (Å²) in [5.74, 6) is 2.06. The molecule has 304 valence electrons. The van der Waals surface area contributed by atoms with Gasteiger partial charge in [-0.15, -0.1) is 48.1 Å². The molecule has 3 heterocycles. The molecule has 0 N–H and O–H groups in total. The van der Waals surface area contributed by atoms with E-state index in [1.807, 2.05) is 24.4 Å². The van der Waals surface area contributed by atoms with Gasteiger partial charge in [0.25, 0.3) is 0 Å². The second-order valence-corrected chi connectivity index (χ2v) is 17.1. The van der Waals surface area contributed by atoms with Crippen LogP contribution in [0, 0.1) is 18.8 Å². The fourth-order valence-corrected chi connectivity index (χ4v) is 8.37. The fourth-order valence-electron chi connectivity index (χ4n) is 8.37. The van der Waals surface area contributed by atoms with Gasteiger partial charge in [0.15, 0.2) is 0 Å². The Bertz CT molecular complexity index is 3020. The van der Waals surface area contributed by atoms with E-state index < -0.39 is 0 Å². The second kappa shape index (κ2) is 15.9. The van der Waals surface area contributed by atoms with Crippen molar-refractivity contribution >= 4 is 44.6 Å². The van der Waals surface area contributed by atoms with E-state index in [1.54, 1.807) is 0 Å². The summed E-state index contributed by atoms with van der Waals surface area (Å²) in [6.45, 7) is 13.5. The Kier molecular flexibility index (Phi) is 10.4. The largest absolute Gasteiger partial charge is 0.509 e. The molecule has 0 atom stereocenters. The average molecular weight is 973 g/mol. The zero-order chi connectivity index (χ0) is 41.0. The molecule has 0 saturated heterocycles. The average Bonchev–Trinajstić information content (AvgIpc) is 3.83. The van der Waals surface area contributed by atoms with Crippen molar-refractivity contribution in [1.29, 1.82) is 0 Å². The number of pyridine rings is 1. The van der Waals surface area contributed by atoms with Gasteiger partial charge in [-0.2, -0.15) is 12.1 Å². The van der Waals surface area contributed by atoms with Crippen molar-refractivity contribution in [3.8, 4) is 28.4 Å². The van der Waals surface area contributed by atoms with Crippen LogP contribution in [0.1, 0.15) is 51.3 Å². The quantitative estimate of drug-likeness (QED) is 0.142. The maximum absolute atomic E-state index is 6.61. The van der Waals surface area contributed by atoms with Gasteiger partial charge >= 0.3 is 0 Å². The van der Waals surface area contributed by atoms with Gasteiger partial charge in [-0.25, -0.2) is 4.98 Å². The minimum absolute atomic E-state index is 0. The molecule has 10 rings (SSSR count). The van der Waals surface area contributed by atoms with Crippen LogP contribution in [0.15, 0.2) is 176 Å². The van der Waals surface area contributed by atoms with Crippen molar-refractivity contribution in [2.24, 2.45) is 0 Å². The Morgan fingerprint density at radius 2 is 1.23 bits per heavy atom. The third kappa shape index (κ3) is 7.42. The summed E-state index contributed by atoms with van der Waals surface area (Å²) >= 11 is 0. The molecule has 1 aliphatic heterocycles. The van der Waals surface area contributed by atoms with Gasteiger partial charge in [-0.3, -0.25) is 0 Å². The topological polar surface area (TPSA) is 33.5 Å². The van der Waals surface area contributed by atoms with Crippen LogP contribution in [0.4, 0.5) is 22.7 Å². The van der Waals surface area contributed by atoms with Crippen molar-refractivity contribution < 1.29 is 25.8 Å². The molecule has 1 aliphatic rings. The zero-order valence-corrected chi connectivity index (χ0v) is 37.1. The van der Waals surface area contributed by atoms with E-state index >= 15 is 0 Å². The number of aromatic nitrogens is 2. The number of hydrogen-bond acceptors (Lipinski definition) is 4. The maximum atomic E-state index is 6.61. The molecular formula is C55H45N4OPt-3. The first kappa shape index (κ1) is 40.0. The number of fused-ring (bicyclic) bond motifs is 4. The summed E-state index contributed by atoms with van der Waals surface area (Å²) in [7, 11) is 0. The number of nitrogens with zero attached hydrogens (tertiary/aromatic N) is 4. The summed E-state index contributed by atoms with van der Waals surface area (Å²) in [6.07, 6.45) is 1.90. The van der Waals surface area contributed by atoms with Crippen molar-refractivity contribution in [2.45, 2.75) is 45.4 Å². The predicted octanol–water partition coefficient (Wildman–Crippen LogP) is 14.3. The number of para-hydroxylation sites is 3. The smallest absolute Gasteiger partial charge is 0.135 e. The van der Waals surface area contributed by atoms with Crippen molar-refractivity contribution in [2.75, 3.05) is 9.80 Å². The molecule has 0 fully saturated rings. The van der Waals surface area contributed by atoms with Crippen molar-refractivity contribution in [1.82, 2.24) is 9.55 Å². The van der Waals surface area contributed by atoms with E-state index in [-0.39, 0.29) is 31.9 Å². The summed E-state index contributed by atoms with van der Waals surface area (Å²) in [4.78, 5) is 9.33. The van der Waals surface area contributed by atoms with E-state index in [0.29, 0.717) is 11.5 Å². The number of benzene rings is 7. The number of ether oxygens (including phenoxy) is 1. The van der Waals surface area contributed by atoms with E-state index in [1.165, 1.54) is 27.8 Å². The Balaban J connectivity index is 0.00000476. The molecule has 0 radical (unpaired) electrons. The molecule has 0 spiro atoms. The first-order valence-electron chi connectivity index (χ1n) is 20.5. The molecule has 7 aromatic carbocycles. The predicted molar refractivity (Wildman–Crippen MR) is 247 cm³/mol. The Morgan fingerprint density at radius 1 is 0.541 bits per heavy atom. The summed E-state index contributed by atoms with van der Waals surface area (Å²) < 4.78 is 8.80. The molecule has 2 aromatic heterocycles. The Labute approximate surface area is 373 Å². The van der Waals surface area contributed by atoms with Crippen LogP contribution in [-0.4, -0.2) is 9.55 Å². The van der Waals surface area contributed by atoms with Crippen molar-refractivity contribution in [3.05, 3.63) is 212 Å². The van der Waals surface area contributed by atoms with Gasteiger partial charge in [-0.1, -0.05) is 137 Å². The number of hydrogen-bond donors (Lipinski definition) is 0. The van der Waals surface area contributed by atoms with Crippen LogP contribution in [0.3, 0.4) is 0 Å². The Hall–Kier alpha value is -6.42. The summed E-state index contributed by atoms with van der Waals surface area (Å²) in [5.41, 5.74) is 11.9. The van der Waals surface area contributed by atoms with Gasteiger partial charge < -0.3 is 19.1 Å². The monoisotopic (exact) mass is 972 g/mol. The van der Waals surface area contributed by atoms with Crippen LogP contribution in [-0.2, 0) is 31.9 Å². The molecule has 9 aromatic rings. The molecular weight excluding hydrogens is 928 g/mol. The van der Waals surface area contributed by atoms with E-state index in [9.17, 15) is 0 Å². The van der Waals surface area contributed by atoms with Gasteiger partial charge in [0, 0.05) is 66.8 Å². The fraction of sp³-hybridized carbons (Fsp3) is 0.127. The standard InChI is InChI=1S/C55H45N4O.Pt/c1-54(2,3)41-29-30-56-53(34-41)59-49-24-13-12-23-47(49)48-28-27-46(36-52(48)59)60-45-22-16-21-43(35-45)57-37-58(51-26-15-14-25-50(51)57)44-32-39(38-17-8-6-9-18-38)31-42(33-44)55(4,5)40-19-10-7-11-20-40;/h6-34,37H,1-5H3;/q-3;. The number of anilines is 4. The third-order valence-electron chi connectivity index (χ3n) is 11.8. The SMILES string of the molecule is CC(C)(C)c1ccnc(-n2c3[c-]c(Oc4[c-]c(N5[CH-]N(c6cc(-c7ccccc7)cc(C(C)(C)c7ccccc7)c6)c6ccccc65)ccc4)ccc3c3ccccc32)c1.[Pt]. The minimum atomic E-state index is -0.236. The number of rotatable bonds is 8. The van der Waals surface area contributed by atoms with Crippen LogP contribution >= 0.6 is 0 Å². The van der Waals surface area contributed by atoms with Crippen LogP contribution < -0.4 is 14.5 Å². The van der Waals surface area contributed by atoms with Crippen LogP contribution in [0.25, 0.3) is 38.8 Å². The van der Waals surface area contributed by atoms with E-state index in [4.69, 9.17) is 9.72 Å². The summed E-state index contributed by atoms with van der Waals surface area (Å²) in [5, 5.41) is 2.23. The minimum Gasteiger partial charge on any atom is -0.509 e. The molecule has 0 saturated carbocycles. The normalized spacial score (nSPS) is 12.7. The second-order valence-electron chi connectivity index (χ2n) is 17.1. The van der Waals surface area contributed by atoms with Crippen LogP contribution in [0.2, 0.25) is 0 Å². The van der Waals surface area contributed by atoms with Crippen LogP contribution in [0.5, 0.6) is 11.5 Å². The molecule has 61 heavy (non-hydrogen) atoms. The zero-order valence-electron chi connectivity index (χ0n) is 34.8. The third-order valence-corrected chi connectivity index (χ3v) is 11.8. The van der Waals surface area contributed by atoms with Gasteiger partial charge in [0.05, 0.1) is 0 Å². The molecule has 6 heteroatoms. The van der Waals surface area contributed by atoms with E-state index in [0.717, 1.165) is 50.4 Å². The Morgan fingerprint density at radius 3 is 2.00 bits per heavy atom. The van der Waals surface area contributed by atoms with Gasteiger partial charge in [-0.05, 0) is 81.1 Å². The molecule has 0 aliphatic carbocycles. The first-order chi connectivity index (χ1) is 29.1. The first-order valence-corrected chi connectivity index (χ1v) is 20.5.